The minimum Gasteiger partial charge on any atom is -0.406 e. The van der Waals surface area contributed by atoms with Crippen molar-refractivity contribution in [3.63, 3.8) is 0 Å². The van der Waals surface area contributed by atoms with Crippen molar-refractivity contribution in [1.82, 2.24) is 4.90 Å². The minimum absolute atomic E-state index is 0.327. The van der Waals surface area contributed by atoms with Gasteiger partial charge >= 0.3 is 6.36 Å². The summed E-state index contributed by atoms with van der Waals surface area (Å²) in [6.45, 7) is 3.25. The molecular weight excluding hydrogens is 439 g/mol. The molecule has 1 aliphatic rings. The van der Waals surface area contributed by atoms with Gasteiger partial charge in [0.15, 0.2) is 0 Å². The van der Waals surface area contributed by atoms with E-state index in [0.717, 1.165) is 11.1 Å². The third-order valence-electron chi connectivity index (χ3n) is 6.06. The van der Waals surface area contributed by atoms with Gasteiger partial charge in [0.2, 0.25) is 0 Å². The molecule has 0 saturated carbocycles. The summed E-state index contributed by atoms with van der Waals surface area (Å²) in [6, 6.07) is 20.5. The van der Waals surface area contributed by atoms with Crippen LogP contribution in [0, 0.1) is 5.41 Å². The Bertz CT molecular complexity index is 1110. The second-order valence-corrected chi connectivity index (χ2v) is 9.04. The van der Waals surface area contributed by atoms with E-state index in [2.05, 4.69) is 9.64 Å². The maximum absolute atomic E-state index is 12.6. The van der Waals surface area contributed by atoms with Crippen LogP contribution in [0.15, 0.2) is 72.8 Å². The highest BCUT2D eigenvalue weighted by Crippen LogP contribution is 2.50. The van der Waals surface area contributed by atoms with E-state index in [1.54, 1.807) is 6.07 Å². The first-order valence-corrected chi connectivity index (χ1v) is 10.5. The molecule has 4 rings (SSSR count). The van der Waals surface area contributed by atoms with Crippen LogP contribution >= 0.6 is 11.6 Å². The highest BCUT2D eigenvalue weighted by Gasteiger charge is 2.55. The van der Waals surface area contributed by atoms with Gasteiger partial charge in [0.05, 0.1) is 0 Å². The molecule has 3 nitrogen and oxygen atoms in total. The van der Waals surface area contributed by atoms with Crippen molar-refractivity contribution >= 4 is 11.6 Å². The molecule has 1 heterocycles. The molecule has 3 aromatic carbocycles. The second-order valence-electron chi connectivity index (χ2n) is 8.61. The molecule has 0 radical (unpaired) electrons. The average molecular weight is 462 g/mol. The summed E-state index contributed by atoms with van der Waals surface area (Å²) in [5.41, 5.74) is 0.996. The van der Waals surface area contributed by atoms with Crippen LogP contribution in [0.25, 0.3) is 11.1 Å². The number of halogens is 4. The van der Waals surface area contributed by atoms with Gasteiger partial charge in [0.1, 0.15) is 11.4 Å². The van der Waals surface area contributed by atoms with Gasteiger partial charge in [0.25, 0.3) is 0 Å². The predicted molar refractivity (Wildman–Crippen MR) is 119 cm³/mol. The molecule has 0 aromatic heterocycles. The van der Waals surface area contributed by atoms with Gasteiger partial charge in [-0.2, -0.15) is 0 Å². The van der Waals surface area contributed by atoms with Gasteiger partial charge in [0, 0.05) is 23.5 Å². The van der Waals surface area contributed by atoms with Gasteiger partial charge < -0.3 is 14.7 Å². The number of rotatable bonds is 5. The largest absolute Gasteiger partial charge is 0.573 e. The summed E-state index contributed by atoms with van der Waals surface area (Å²) >= 11 is 6.15. The van der Waals surface area contributed by atoms with Crippen molar-refractivity contribution in [2.75, 3.05) is 20.1 Å². The van der Waals surface area contributed by atoms with Gasteiger partial charge in [-0.25, -0.2) is 0 Å². The van der Waals surface area contributed by atoms with E-state index in [4.69, 9.17) is 11.6 Å². The first-order valence-electron chi connectivity index (χ1n) is 10.1. The molecule has 7 heteroatoms. The topological polar surface area (TPSA) is 32.7 Å². The van der Waals surface area contributed by atoms with Gasteiger partial charge in [-0.3, -0.25) is 0 Å². The normalized spacial score (nSPS) is 18.0. The molecule has 1 N–H and O–H groups in total. The smallest absolute Gasteiger partial charge is 0.406 e. The molecular formula is C25H23ClF3NO2. The summed E-state index contributed by atoms with van der Waals surface area (Å²) in [5.74, 6) is -0.327. The Labute approximate surface area is 190 Å². The summed E-state index contributed by atoms with van der Waals surface area (Å²) in [6.07, 6.45) is -4.77. The monoisotopic (exact) mass is 461 g/mol. The molecule has 1 atom stereocenters. The number of nitrogens with zero attached hydrogens (tertiary/aromatic N) is 1. The number of benzene rings is 3. The quantitative estimate of drug-likeness (QED) is 0.499. The van der Waals surface area contributed by atoms with Crippen LogP contribution in [0.4, 0.5) is 13.2 Å². The fourth-order valence-electron chi connectivity index (χ4n) is 4.73. The number of alkyl halides is 3. The molecule has 32 heavy (non-hydrogen) atoms. The van der Waals surface area contributed by atoms with E-state index in [1.807, 2.05) is 56.4 Å². The number of hydrogen-bond donors (Lipinski definition) is 1. The van der Waals surface area contributed by atoms with Crippen LogP contribution in [0.5, 0.6) is 5.75 Å². The van der Waals surface area contributed by atoms with Crippen molar-refractivity contribution in [3.05, 3.63) is 88.9 Å². The standard InChI is InChI=1S/C25H23ClF3NO2/c1-23(15-30(2)16-23)24(31,19-9-11-22(12-10-19)32-25(27,28)29)20-7-3-5-17(13-20)18-6-4-8-21(26)14-18/h3-14,31H,15-16H2,1-2H3/t24-/m0/s1. The number of hydrogen-bond acceptors (Lipinski definition) is 3. The molecule has 0 unspecified atom stereocenters. The zero-order valence-corrected chi connectivity index (χ0v) is 18.4. The van der Waals surface area contributed by atoms with Crippen molar-refractivity contribution in [1.29, 1.82) is 0 Å². The van der Waals surface area contributed by atoms with Crippen LogP contribution in [0.2, 0.25) is 5.02 Å². The van der Waals surface area contributed by atoms with E-state index in [9.17, 15) is 18.3 Å². The summed E-state index contributed by atoms with van der Waals surface area (Å²) in [5, 5.41) is 12.8. The first-order chi connectivity index (χ1) is 15.0. The average Bonchev–Trinajstić information content (AvgIpc) is 2.71. The lowest BCUT2D eigenvalue weighted by Gasteiger charge is -2.56. The Balaban J connectivity index is 1.79. The van der Waals surface area contributed by atoms with Crippen LogP contribution < -0.4 is 4.74 Å². The molecule has 0 amide bonds. The fourth-order valence-corrected chi connectivity index (χ4v) is 4.92. The maximum atomic E-state index is 12.6. The highest BCUT2D eigenvalue weighted by atomic mass is 35.5. The molecule has 1 saturated heterocycles. The van der Waals surface area contributed by atoms with Crippen LogP contribution in [-0.2, 0) is 5.60 Å². The van der Waals surface area contributed by atoms with E-state index in [1.165, 1.54) is 24.3 Å². The van der Waals surface area contributed by atoms with Gasteiger partial charge in [-0.15, -0.1) is 13.2 Å². The van der Waals surface area contributed by atoms with Crippen LogP contribution in [0.3, 0.4) is 0 Å². The Hall–Kier alpha value is -2.54. The summed E-state index contributed by atoms with van der Waals surface area (Å²) in [4.78, 5) is 2.09. The van der Waals surface area contributed by atoms with Crippen molar-refractivity contribution in [2.24, 2.45) is 5.41 Å². The van der Waals surface area contributed by atoms with Gasteiger partial charge in [-0.05, 0) is 59.6 Å². The summed E-state index contributed by atoms with van der Waals surface area (Å²) in [7, 11) is 1.96. The van der Waals surface area contributed by atoms with E-state index in [-0.39, 0.29) is 5.75 Å². The number of ether oxygens (including phenoxy) is 1. The SMILES string of the molecule is CN1CC(C)([C@](O)(c2ccc(OC(F)(F)F)cc2)c2cccc(-c3cccc(Cl)c3)c2)C1. The van der Waals surface area contributed by atoms with E-state index >= 15 is 0 Å². The van der Waals surface area contributed by atoms with Gasteiger partial charge in [-0.1, -0.05) is 61.0 Å². The van der Waals surface area contributed by atoms with Crippen molar-refractivity contribution < 1.29 is 23.0 Å². The Morgan fingerprint density at radius 1 is 0.906 bits per heavy atom. The lowest BCUT2D eigenvalue weighted by atomic mass is 9.62. The predicted octanol–water partition coefficient (Wildman–Crippen LogP) is 6.09. The van der Waals surface area contributed by atoms with Crippen LogP contribution in [0.1, 0.15) is 18.1 Å². The van der Waals surface area contributed by atoms with Crippen molar-refractivity contribution in [3.8, 4) is 16.9 Å². The third-order valence-corrected chi connectivity index (χ3v) is 6.29. The Morgan fingerprint density at radius 3 is 2.06 bits per heavy atom. The third kappa shape index (κ3) is 4.22. The minimum atomic E-state index is -4.77. The van der Waals surface area contributed by atoms with E-state index in [0.29, 0.717) is 29.2 Å². The maximum Gasteiger partial charge on any atom is 0.573 e. The second kappa shape index (κ2) is 8.10. The molecule has 1 fully saturated rings. The zero-order valence-electron chi connectivity index (χ0n) is 17.7. The molecule has 0 spiro atoms. The number of aliphatic hydroxyl groups is 1. The molecule has 0 aliphatic carbocycles. The zero-order chi connectivity index (χ0) is 23.1. The van der Waals surface area contributed by atoms with E-state index < -0.39 is 17.4 Å². The van der Waals surface area contributed by atoms with Crippen molar-refractivity contribution in [2.45, 2.75) is 18.9 Å². The summed E-state index contributed by atoms with van der Waals surface area (Å²) < 4.78 is 41.8. The molecule has 0 bridgehead atoms. The number of likely N-dealkylation sites (tertiary alicyclic amines) is 1. The first kappa shape index (κ1) is 22.6. The lowest BCUT2D eigenvalue weighted by molar-refractivity contribution is -0.274. The Morgan fingerprint density at radius 2 is 1.50 bits per heavy atom. The molecule has 3 aromatic rings. The highest BCUT2D eigenvalue weighted by molar-refractivity contribution is 6.30. The lowest BCUT2D eigenvalue weighted by Crippen LogP contribution is -2.63. The molecule has 1 aliphatic heterocycles. The molecule has 168 valence electrons. The van der Waals surface area contributed by atoms with Crippen LogP contribution in [-0.4, -0.2) is 36.5 Å². The fraction of sp³-hybridized carbons (Fsp3) is 0.280. The Kier molecular flexibility index (Phi) is 5.74.